The average Bonchev–Trinajstić information content (AvgIpc) is 3.06. The number of rotatable bonds is 7. The summed E-state index contributed by atoms with van der Waals surface area (Å²) < 4.78 is 8.09. The topological polar surface area (TPSA) is 56.3 Å². The quantitative estimate of drug-likeness (QED) is 0.797. The van der Waals surface area contributed by atoms with E-state index in [0.717, 1.165) is 44.8 Å². The minimum Gasteiger partial charge on any atom is -0.493 e. The van der Waals surface area contributed by atoms with Gasteiger partial charge in [0.2, 0.25) is 0 Å². The highest BCUT2D eigenvalue weighted by Crippen LogP contribution is 2.21. The number of ether oxygens (including phenoxy) is 1. The van der Waals surface area contributed by atoms with E-state index in [4.69, 9.17) is 10.5 Å². The molecule has 5 heteroatoms. The highest BCUT2D eigenvalue weighted by molar-refractivity contribution is 5.33. The molecule has 1 aromatic carbocycles. The summed E-state index contributed by atoms with van der Waals surface area (Å²) in [7, 11) is 0. The first-order chi connectivity index (χ1) is 11.3. The minimum absolute atomic E-state index is 0.312. The number of hydrogen-bond acceptors (Lipinski definition) is 4. The number of piperidine rings is 1. The van der Waals surface area contributed by atoms with Gasteiger partial charge in [-0.1, -0.05) is 18.2 Å². The molecule has 0 spiro atoms. The van der Waals surface area contributed by atoms with E-state index in [2.05, 4.69) is 32.7 Å². The number of likely N-dealkylation sites (tertiary alicyclic amines) is 1. The maximum Gasteiger partial charge on any atom is 0.123 e. The Balaban J connectivity index is 1.50. The second kappa shape index (κ2) is 8.13. The monoisotopic (exact) mass is 314 g/mol. The standard InChI is InChI=1S/C18H26N4O/c19-17-6-3-9-22(14-17)13-16-5-1-2-7-18(16)23-12-4-10-21-11-8-20-15-21/h1-2,5,7-8,11,15,17H,3-4,6,9-10,12-14,19H2/t17-/m1/s1. The number of nitrogens with zero attached hydrogens (tertiary/aromatic N) is 3. The van der Waals surface area contributed by atoms with Crippen molar-refractivity contribution < 1.29 is 4.74 Å². The van der Waals surface area contributed by atoms with Crippen LogP contribution in [0.15, 0.2) is 43.0 Å². The Morgan fingerprint density at radius 1 is 1.30 bits per heavy atom. The summed E-state index contributed by atoms with van der Waals surface area (Å²) in [4.78, 5) is 6.48. The van der Waals surface area contributed by atoms with Gasteiger partial charge in [-0.3, -0.25) is 4.90 Å². The molecule has 1 aliphatic rings. The molecule has 1 aromatic heterocycles. The van der Waals surface area contributed by atoms with Gasteiger partial charge in [0.1, 0.15) is 5.75 Å². The van der Waals surface area contributed by atoms with Crippen LogP contribution in [0.25, 0.3) is 0 Å². The largest absolute Gasteiger partial charge is 0.493 e. The van der Waals surface area contributed by atoms with Crippen molar-refractivity contribution in [3.8, 4) is 5.75 Å². The zero-order valence-electron chi connectivity index (χ0n) is 13.6. The van der Waals surface area contributed by atoms with Crippen molar-refractivity contribution in [3.05, 3.63) is 48.5 Å². The van der Waals surface area contributed by atoms with E-state index in [1.165, 1.54) is 12.0 Å². The molecule has 5 nitrogen and oxygen atoms in total. The number of benzene rings is 1. The van der Waals surface area contributed by atoms with Gasteiger partial charge in [0.15, 0.2) is 0 Å². The molecule has 1 aliphatic heterocycles. The Kier molecular flexibility index (Phi) is 5.66. The van der Waals surface area contributed by atoms with Crippen LogP contribution in [0, 0.1) is 0 Å². The molecule has 0 radical (unpaired) electrons. The van der Waals surface area contributed by atoms with Gasteiger partial charge < -0.3 is 15.0 Å². The first-order valence-electron chi connectivity index (χ1n) is 8.45. The van der Waals surface area contributed by atoms with Gasteiger partial charge in [-0.2, -0.15) is 0 Å². The maximum absolute atomic E-state index is 6.08. The third kappa shape index (κ3) is 4.81. The normalized spacial score (nSPS) is 18.9. The summed E-state index contributed by atoms with van der Waals surface area (Å²) in [6.45, 7) is 4.68. The zero-order valence-corrected chi connectivity index (χ0v) is 13.6. The van der Waals surface area contributed by atoms with Crippen molar-refractivity contribution in [3.63, 3.8) is 0 Å². The number of aromatic nitrogens is 2. The molecule has 1 fully saturated rings. The second-order valence-electron chi connectivity index (χ2n) is 6.25. The van der Waals surface area contributed by atoms with Gasteiger partial charge in [-0.15, -0.1) is 0 Å². The van der Waals surface area contributed by atoms with E-state index in [1.54, 1.807) is 6.20 Å². The van der Waals surface area contributed by atoms with Crippen molar-refractivity contribution in [2.45, 2.75) is 38.4 Å². The SMILES string of the molecule is N[C@@H]1CCCN(Cc2ccccc2OCCCn2ccnc2)C1. The fourth-order valence-electron chi connectivity index (χ4n) is 3.10. The fourth-order valence-corrected chi connectivity index (χ4v) is 3.10. The van der Waals surface area contributed by atoms with Crippen molar-refractivity contribution in [2.24, 2.45) is 5.73 Å². The molecule has 2 heterocycles. The molecule has 2 N–H and O–H groups in total. The van der Waals surface area contributed by atoms with Gasteiger partial charge in [0.05, 0.1) is 12.9 Å². The minimum atomic E-state index is 0.312. The second-order valence-corrected chi connectivity index (χ2v) is 6.25. The zero-order chi connectivity index (χ0) is 15.9. The van der Waals surface area contributed by atoms with Crippen LogP contribution >= 0.6 is 0 Å². The number of aryl methyl sites for hydroxylation is 1. The summed E-state index contributed by atoms with van der Waals surface area (Å²) in [5.41, 5.74) is 7.34. The summed E-state index contributed by atoms with van der Waals surface area (Å²) in [6, 6.07) is 8.66. The first kappa shape index (κ1) is 16.0. The van der Waals surface area contributed by atoms with Crippen molar-refractivity contribution in [1.29, 1.82) is 0 Å². The lowest BCUT2D eigenvalue weighted by Crippen LogP contribution is -2.42. The Morgan fingerprint density at radius 3 is 3.04 bits per heavy atom. The number of hydrogen-bond donors (Lipinski definition) is 1. The summed E-state index contributed by atoms with van der Waals surface area (Å²) in [6.07, 6.45) is 8.93. The van der Waals surface area contributed by atoms with E-state index >= 15 is 0 Å². The van der Waals surface area contributed by atoms with Gasteiger partial charge in [0, 0.05) is 43.6 Å². The highest BCUT2D eigenvalue weighted by atomic mass is 16.5. The molecule has 23 heavy (non-hydrogen) atoms. The van der Waals surface area contributed by atoms with E-state index in [9.17, 15) is 0 Å². The van der Waals surface area contributed by atoms with E-state index in [-0.39, 0.29) is 0 Å². The van der Waals surface area contributed by atoms with E-state index in [0.29, 0.717) is 12.6 Å². The number of imidazole rings is 1. The Hall–Kier alpha value is -1.85. The van der Waals surface area contributed by atoms with Crippen LogP contribution in [0.1, 0.15) is 24.8 Å². The van der Waals surface area contributed by atoms with Crippen LogP contribution in [0.5, 0.6) is 5.75 Å². The molecule has 1 atom stereocenters. The molecular formula is C18H26N4O. The molecule has 0 bridgehead atoms. The van der Waals surface area contributed by atoms with Gasteiger partial charge >= 0.3 is 0 Å². The fraction of sp³-hybridized carbons (Fsp3) is 0.500. The molecule has 3 rings (SSSR count). The summed E-state index contributed by atoms with van der Waals surface area (Å²) in [5, 5.41) is 0. The lowest BCUT2D eigenvalue weighted by atomic mass is 10.1. The van der Waals surface area contributed by atoms with Crippen LogP contribution in [-0.2, 0) is 13.1 Å². The van der Waals surface area contributed by atoms with Crippen LogP contribution in [-0.4, -0.2) is 40.2 Å². The molecule has 0 aliphatic carbocycles. The van der Waals surface area contributed by atoms with Gasteiger partial charge in [-0.05, 0) is 31.9 Å². The third-order valence-corrected chi connectivity index (χ3v) is 4.29. The molecular weight excluding hydrogens is 288 g/mol. The van der Waals surface area contributed by atoms with Crippen molar-refractivity contribution >= 4 is 0 Å². The van der Waals surface area contributed by atoms with Crippen LogP contribution < -0.4 is 10.5 Å². The Morgan fingerprint density at radius 2 is 2.22 bits per heavy atom. The lowest BCUT2D eigenvalue weighted by Gasteiger charge is -2.31. The molecule has 124 valence electrons. The maximum atomic E-state index is 6.08. The van der Waals surface area contributed by atoms with Crippen LogP contribution in [0.4, 0.5) is 0 Å². The average molecular weight is 314 g/mol. The lowest BCUT2D eigenvalue weighted by molar-refractivity contribution is 0.197. The Bertz CT molecular complexity index is 584. The molecule has 0 amide bonds. The highest BCUT2D eigenvalue weighted by Gasteiger charge is 2.17. The summed E-state index contributed by atoms with van der Waals surface area (Å²) >= 11 is 0. The van der Waals surface area contributed by atoms with Gasteiger partial charge in [0.25, 0.3) is 0 Å². The van der Waals surface area contributed by atoms with E-state index < -0.39 is 0 Å². The van der Waals surface area contributed by atoms with Crippen molar-refractivity contribution in [2.75, 3.05) is 19.7 Å². The van der Waals surface area contributed by atoms with Crippen molar-refractivity contribution in [1.82, 2.24) is 14.5 Å². The van der Waals surface area contributed by atoms with Crippen LogP contribution in [0.3, 0.4) is 0 Å². The predicted octanol–water partition coefficient (Wildman–Crippen LogP) is 2.28. The summed E-state index contributed by atoms with van der Waals surface area (Å²) in [5.74, 6) is 0.997. The Labute approximate surface area is 138 Å². The molecule has 2 aromatic rings. The first-order valence-corrected chi connectivity index (χ1v) is 8.45. The number of nitrogens with two attached hydrogens (primary N) is 1. The molecule has 0 unspecified atom stereocenters. The molecule has 1 saturated heterocycles. The van der Waals surface area contributed by atoms with Crippen LogP contribution in [0.2, 0.25) is 0 Å². The smallest absolute Gasteiger partial charge is 0.123 e. The molecule has 0 saturated carbocycles. The third-order valence-electron chi connectivity index (χ3n) is 4.29. The number of para-hydroxylation sites is 1. The van der Waals surface area contributed by atoms with Gasteiger partial charge in [-0.25, -0.2) is 4.98 Å². The van der Waals surface area contributed by atoms with E-state index in [1.807, 2.05) is 18.6 Å². The predicted molar refractivity (Wildman–Crippen MR) is 91.3 cm³/mol.